The van der Waals surface area contributed by atoms with Crippen molar-refractivity contribution in [2.75, 3.05) is 77.7 Å². The molecule has 7 nitrogen and oxygen atoms in total. The Bertz CT molecular complexity index is 1150. The Hall–Kier alpha value is -2.35. The Morgan fingerprint density at radius 1 is 0.941 bits per heavy atom. The van der Waals surface area contributed by atoms with Gasteiger partial charge in [0, 0.05) is 25.7 Å². The molecule has 0 spiro atoms. The maximum absolute atomic E-state index is 8.00. The van der Waals surface area contributed by atoms with Crippen LogP contribution in [0.15, 0.2) is 43.1 Å². The molecular weight excluding hydrogens is 668 g/mol. The van der Waals surface area contributed by atoms with E-state index >= 15 is 0 Å². The van der Waals surface area contributed by atoms with Crippen LogP contribution in [0.5, 0.6) is 0 Å². The molecule has 6 N–H and O–H groups in total. The van der Waals surface area contributed by atoms with E-state index in [4.69, 9.17) is 4.79 Å². The Kier molecular flexibility index (Phi) is 36.1. The molecule has 1 fully saturated rings. The third kappa shape index (κ3) is 24.5. The fourth-order valence-electron chi connectivity index (χ4n) is 5.16. The molecule has 0 aliphatic carbocycles. The average Bonchev–Trinajstić information content (AvgIpc) is 3.65. The Labute approximate surface area is 321 Å². The summed E-state index contributed by atoms with van der Waals surface area (Å²) < 4.78 is 0. The van der Waals surface area contributed by atoms with Gasteiger partial charge >= 0.3 is 0 Å². The van der Waals surface area contributed by atoms with Crippen LogP contribution in [0.3, 0.4) is 0 Å². The van der Waals surface area contributed by atoms with Crippen LogP contribution in [-0.2, 0) is 23.1 Å². The molecule has 0 bridgehead atoms. The molecule has 1 heterocycles. The summed E-state index contributed by atoms with van der Waals surface area (Å²) in [6, 6.07) is 11.3. The van der Waals surface area contributed by atoms with Crippen LogP contribution in [0.25, 0.3) is 12.2 Å². The molecule has 51 heavy (non-hydrogen) atoms. The van der Waals surface area contributed by atoms with E-state index in [1.165, 1.54) is 97.1 Å². The molecule has 2 aromatic rings. The molecule has 0 saturated carbocycles. The summed E-state index contributed by atoms with van der Waals surface area (Å²) in [5.74, 6) is 0. The number of likely N-dealkylation sites (tertiary alicyclic amines) is 1. The normalized spacial score (nSPS) is 12.6. The zero-order chi connectivity index (χ0) is 39.7. The van der Waals surface area contributed by atoms with E-state index in [0.717, 1.165) is 19.4 Å². The van der Waals surface area contributed by atoms with Crippen molar-refractivity contribution >= 4 is 49.0 Å². The number of unbranched alkanes of at least 4 members (excludes halogenated alkanes) is 1. The molecular formula is C42H79N6OPS. The van der Waals surface area contributed by atoms with E-state index in [0.29, 0.717) is 0 Å². The van der Waals surface area contributed by atoms with Gasteiger partial charge in [-0.15, -0.1) is 11.4 Å². The van der Waals surface area contributed by atoms with Gasteiger partial charge in [-0.05, 0) is 144 Å². The molecule has 1 unspecified atom stereocenters. The number of carbonyl (C=O) groups excluding carboxylic acids is 1. The number of hydrogen-bond donors (Lipinski definition) is 5. The highest BCUT2D eigenvalue weighted by Crippen LogP contribution is 2.46. The molecule has 1 aliphatic heterocycles. The second-order valence-electron chi connectivity index (χ2n) is 13.0. The number of carbonyl (C=O) groups is 1. The van der Waals surface area contributed by atoms with Crippen LogP contribution >= 0.6 is 18.7 Å². The zero-order valence-corrected chi connectivity index (χ0v) is 36.8. The minimum absolute atomic E-state index is 0.111. The molecule has 2 aromatic carbocycles. The zero-order valence-electron chi connectivity index (χ0n) is 35.1. The number of rotatable bonds is 13. The van der Waals surface area contributed by atoms with Gasteiger partial charge in [0.05, 0.1) is 0 Å². The molecule has 9 heteroatoms. The van der Waals surface area contributed by atoms with Crippen molar-refractivity contribution in [2.24, 2.45) is 5.73 Å². The Balaban J connectivity index is -0.000000849. The predicted octanol–water partition coefficient (Wildman–Crippen LogP) is 10.3. The first-order chi connectivity index (χ1) is 24.4. The number of anilines is 2. The van der Waals surface area contributed by atoms with E-state index in [1.54, 1.807) is 0 Å². The van der Waals surface area contributed by atoms with Gasteiger partial charge in [0.2, 0.25) is 0 Å². The van der Waals surface area contributed by atoms with Crippen LogP contribution in [0.4, 0.5) is 11.4 Å². The fraction of sp³-hybridized carbons (Fsp3) is 0.595. The van der Waals surface area contributed by atoms with Crippen molar-refractivity contribution in [3.8, 4) is 0 Å². The maximum Gasteiger partial charge on any atom is 0.106 e. The predicted molar refractivity (Wildman–Crippen MR) is 240 cm³/mol. The highest BCUT2D eigenvalue weighted by molar-refractivity contribution is 8.55. The van der Waals surface area contributed by atoms with Crippen molar-refractivity contribution in [1.29, 1.82) is 0 Å². The molecule has 0 aromatic heterocycles. The van der Waals surface area contributed by atoms with Gasteiger partial charge in [0.1, 0.15) is 6.79 Å². The summed E-state index contributed by atoms with van der Waals surface area (Å²) in [5.41, 5.74) is 13.9. The number of hydrogen-bond acceptors (Lipinski definition) is 8. The number of aryl methyl sites for hydroxylation is 1. The van der Waals surface area contributed by atoms with Crippen molar-refractivity contribution in [2.45, 2.75) is 98.8 Å². The number of nitrogens with two attached hydrogens (primary N) is 1. The SMILES string of the molecule is C=CN.C=O.CCCCN1CCCC1.CCCNC.CCc1cccc(/C=C/c2cc(C(C)(C)C)cc(NP(C)SC)c2CC)c1NC.CNC. The molecule has 294 valence electrons. The quantitative estimate of drug-likeness (QED) is 0.102. The summed E-state index contributed by atoms with van der Waals surface area (Å²) in [6.45, 7) is 28.4. The van der Waals surface area contributed by atoms with E-state index in [1.807, 2.05) is 46.4 Å². The maximum atomic E-state index is 8.00. The lowest BCUT2D eigenvalue weighted by Gasteiger charge is -2.25. The van der Waals surface area contributed by atoms with Gasteiger partial charge in [0.15, 0.2) is 0 Å². The van der Waals surface area contributed by atoms with E-state index in [9.17, 15) is 0 Å². The van der Waals surface area contributed by atoms with Crippen molar-refractivity contribution < 1.29 is 4.79 Å². The van der Waals surface area contributed by atoms with Gasteiger partial charge in [-0.25, -0.2) is 0 Å². The number of nitrogens with zero attached hydrogens (tertiary/aromatic N) is 1. The third-order valence-electron chi connectivity index (χ3n) is 7.84. The fourth-order valence-corrected chi connectivity index (χ4v) is 6.36. The Morgan fingerprint density at radius 2 is 1.51 bits per heavy atom. The number of benzene rings is 2. The van der Waals surface area contributed by atoms with Gasteiger partial charge in [-0.1, -0.05) is 97.9 Å². The van der Waals surface area contributed by atoms with Gasteiger partial charge < -0.3 is 36.5 Å². The molecule has 1 aliphatic rings. The first-order valence-electron chi connectivity index (χ1n) is 18.7. The first-order valence-corrected chi connectivity index (χ1v) is 22.3. The topological polar surface area (TPSA) is 94.5 Å². The lowest BCUT2D eigenvalue weighted by atomic mass is 9.84. The van der Waals surface area contributed by atoms with Gasteiger partial charge in [0.25, 0.3) is 0 Å². The summed E-state index contributed by atoms with van der Waals surface area (Å²) >= 11 is 1.90. The summed E-state index contributed by atoms with van der Waals surface area (Å²) in [6.07, 6.45) is 16.9. The highest BCUT2D eigenvalue weighted by atomic mass is 32.7. The second-order valence-corrected chi connectivity index (χ2v) is 17.4. The van der Waals surface area contributed by atoms with Crippen LogP contribution in [0.1, 0.15) is 108 Å². The summed E-state index contributed by atoms with van der Waals surface area (Å²) in [5, 5.41) is 12.9. The summed E-state index contributed by atoms with van der Waals surface area (Å²) in [7, 11) is 7.45. The van der Waals surface area contributed by atoms with Crippen LogP contribution in [0, 0.1) is 0 Å². The monoisotopic (exact) mass is 747 g/mol. The third-order valence-corrected chi connectivity index (χ3v) is 10.9. The molecule has 1 saturated heterocycles. The Morgan fingerprint density at radius 3 is 1.92 bits per heavy atom. The molecule has 1 atom stereocenters. The first kappa shape index (κ1) is 53.0. The van der Waals surface area contributed by atoms with Crippen molar-refractivity contribution in [3.05, 3.63) is 70.9 Å². The molecule has 3 rings (SSSR count). The van der Waals surface area contributed by atoms with Crippen molar-refractivity contribution in [3.63, 3.8) is 0 Å². The van der Waals surface area contributed by atoms with Gasteiger partial charge in [-0.2, -0.15) is 0 Å². The van der Waals surface area contributed by atoms with E-state index < -0.39 is 0 Å². The molecule has 0 amide bonds. The van der Waals surface area contributed by atoms with E-state index in [2.05, 4.69) is 142 Å². The minimum Gasteiger partial charge on any atom is -0.405 e. The van der Waals surface area contributed by atoms with Crippen LogP contribution in [0.2, 0.25) is 0 Å². The molecule has 0 radical (unpaired) electrons. The lowest BCUT2D eigenvalue weighted by molar-refractivity contribution is -0.0980. The van der Waals surface area contributed by atoms with Gasteiger partial charge in [-0.3, -0.25) is 0 Å². The smallest absolute Gasteiger partial charge is 0.106 e. The van der Waals surface area contributed by atoms with Crippen LogP contribution < -0.4 is 26.8 Å². The van der Waals surface area contributed by atoms with Crippen molar-refractivity contribution in [1.82, 2.24) is 15.5 Å². The number of para-hydroxylation sites is 1. The largest absolute Gasteiger partial charge is 0.405 e. The highest BCUT2D eigenvalue weighted by Gasteiger charge is 2.18. The summed E-state index contributed by atoms with van der Waals surface area (Å²) in [4.78, 5) is 10.6. The minimum atomic E-state index is -0.272. The lowest BCUT2D eigenvalue weighted by Crippen LogP contribution is -2.19. The average molecular weight is 747 g/mol. The number of nitrogens with one attached hydrogen (secondary N) is 4. The standard InChI is InChI=1S/C25H37N2PS.C8H17N.C4H11N.C2H7N.C2H5N.CH2O/c1-9-18-12-11-13-19(24(18)26-6)14-15-20-16-21(25(3,4)5)17-23(22(20)10-2)27-28(7)29-8;1-2-3-6-9-7-4-5-8-9;1-3-4-5-2;1-3-2;1-2-3;1-2/h11-17,26-27H,9-10H2,1-8H3;2-8H2,1H3;5H,3-4H2,1-2H3;3H,1-2H3;2H,1,3H2;1H2/b15-14+;;;;;. The second kappa shape index (κ2) is 34.7. The van der Waals surface area contributed by atoms with E-state index in [-0.39, 0.29) is 12.7 Å². The van der Waals surface area contributed by atoms with Crippen LogP contribution in [-0.4, -0.2) is 79.0 Å².